The van der Waals surface area contributed by atoms with Gasteiger partial charge in [-0.05, 0) is 32.2 Å². The molecule has 1 heterocycles. The molecule has 1 atom stereocenters. The molecular weight excluding hydrogens is 226 g/mol. The minimum Gasteiger partial charge on any atom is -0.411 e. The van der Waals surface area contributed by atoms with Crippen LogP contribution in [0, 0.1) is 0 Å². The number of piperazine rings is 1. The Hall–Kier alpha value is -0.870. The maximum absolute atomic E-state index is 9.23. The van der Waals surface area contributed by atoms with Gasteiger partial charge < -0.3 is 10.1 Å². The van der Waals surface area contributed by atoms with Crippen molar-refractivity contribution in [2.24, 2.45) is 5.16 Å². The summed E-state index contributed by atoms with van der Waals surface area (Å²) in [6.45, 7) is 7.84. The molecule has 0 amide bonds. The zero-order valence-electron chi connectivity index (χ0n) is 11.4. The third kappa shape index (κ3) is 3.33. The molecule has 0 aromatic heterocycles. The van der Waals surface area contributed by atoms with Gasteiger partial charge in [0.1, 0.15) is 0 Å². The van der Waals surface area contributed by atoms with Gasteiger partial charge in [-0.15, -0.1) is 0 Å². The quantitative estimate of drug-likeness (QED) is 0.463. The summed E-state index contributed by atoms with van der Waals surface area (Å²) in [6, 6.07) is 0.346. The van der Waals surface area contributed by atoms with Crippen molar-refractivity contribution in [2.45, 2.75) is 38.6 Å². The van der Waals surface area contributed by atoms with Crippen molar-refractivity contribution in [1.29, 1.82) is 0 Å². The normalized spacial score (nSPS) is 30.3. The molecule has 1 unspecified atom stereocenters. The average molecular weight is 251 g/mol. The van der Waals surface area contributed by atoms with E-state index >= 15 is 0 Å². The van der Waals surface area contributed by atoms with Crippen LogP contribution in [-0.2, 0) is 0 Å². The van der Waals surface area contributed by atoms with E-state index < -0.39 is 0 Å². The Balaban J connectivity index is 1.98. The Morgan fingerprint density at radius 1 is 1.22 bits per heavy atom. The molecule has 0 aromatic carbocycles. The summed E-state index contributed by atoms with van der Waals surface area (Å²) in [5.74, 6) is 0. The molecule has 0 aromatic rings. The molecule has 2 aliphatic rings. The number of rotatable bonds is 2. The van der Waals surface area contributed by atoms with Gasteiger partial charge >= 0.3 is 0 Å². The van der Waals surface area contributed by atoms with E-state index in [1.165, 1.54) is 0 Å². The van der Waals surface area contributed by atoms with E-state index in [0.717, 1.165) is 64.1 Å². The van der Waals surface area contributed by atoms with E-state index in [1.807, 2.05) is 0 Å². The van der Waals surface area contributed by atoms with Gasteiger partial charge in [-0.2, -0.15) is 0 Å². The van der Waals surface area contributed by atoms with E-state index in [0.29, 0.717) is 6.04 Å². The second kappa shape index (κ2) is 6.90. The van der Waals surface area contributed by atoms with Crippen LogP contribution in [0.3, 0.4) is 0 Å². The summed E-state index contributed by atoms with van der Waals surface area (Å²) in [5, 5.41) is 12.8. The van der Waals surface area contributed by atoms with E-state index in [9.17, 15) is 5.21 Å². The number of oxime groups is 1. The topological polar surface area (TPSA) is 39.1 Å². The minimum atomic E-state index is 0.346. The van der Waals surface area contributed by atoms with Crippen LogP contribution in [0.2, 0.25) is 0 Å². The molecule has 1 saturated heterocycles. The van der Waals surface area contributed by atoms with Crippen LogP contribution in [-0.4, -0.2) is 59.5 Å². The monoisotopic (exact) mass is 251 g/mol. The lowest BCUT2D eigenvalue weighted by molar-refractivity contribution is 0.116. The van der Waals surface area contributed by atoms with Gasteiger partial charge in [-0.1, -0.05) is 24.2 Å². The smallest absolute Gasteiger partial charge is 0.0745 e. The molecule has 4 heteroatoms. The molecular formula is C14H25N3O. The van der Waals surface area contributed by atoms with Crippen molar-refractivity contribution in [1.82, 2.24) is 9.80 Å². The highest BCUT2D eigenvalue weighted by Gasteiger charge is 2.27. The van der Waals surface area contributed by atoms with E-state index in [2.05, 4.69) is 34.0 Å². The SMILES string of the molecule is CCN1CCN(C2CCC=CCCC2=NO)CC1. The van der Waals surface area contributed by atoms with Crippen LogP contribution < -0.4 is 0 Å². The summed E-state index contributed by atoms with van der Waals surface area (Å²) in [4.78, 5) is 4.98. The summed E-state index contributed by atoms with van der Waals surface area (Å²) in [5.41, 5.74) is 0.976. The highest BCUT2D eigenvalue weighted by atomic mass is 16.4. The van der Waals surface area contributed by atoms with Gasteiger partial charge in [0.25, 0.3) is 0 Å². The molecule has 0 saturated carbocycles. The standard InChI is InChI=1S/C14H25N3O/c1-2-16-9-11-17(12-10-16)14-8-6-4-3-5-7-13(14)15-18/h3-4,14,18H,2,5-12H2,1H3. The lowest BCUT2D eigenvalue weighted by Gasteiger charge is -2.39. The van der Waals surface area contributed by atoms with E-state index in [4.69, 9.17) is 0 Å². The van der Waals surface area contributed by atoms with Crippen LogP contribution in [0.1, 0.15) is 32.6 Å². The number of likely N-dealkylation sites (N-methyl/N-ethyl adjacent to an activating group) is 1. The predicted octanol–water partition coefficient (Wildman–Crippen LogP) is 1.95. The first-order valence-corrected chi connectivity index (χ1v) is 7.17. The Kier molecular flexibility index (Phi) is 5.20. The number of allylic oxidation sites excluding steroid dienone is 2. The fraction of sp³-hybridized carbons (Fsp3) is 0.786. The summed E-state index contributed by atoms with van der Waals surface area (Å²) in [6.07, 6.45) is 8.55. The van der Waals surface area contributed by atoms with Crippen molar-refractivity contribution < 1.29 is 5.21 Å². The largest absolute Gasteiger partial charge is 0.411 e. The van der Waals surface area contributed by atoms with Gasteiger partial charge in [0, 0.05) is 26.2 Å². The Bertz CT molecular complexity index is 306. The summed E-state index contributed by atoms with van der Waals surface area (Å²) in [7, 11) is 0. The molecule has 2 rings (SSSR count). The molecule has 0 bridgehead atoms. The lowest BCUT2D eigenvalue weighted by Crippen LogP contribution is -2.52. The van der Waals surface area contributed by atoms with Gasteiger partial charge in [0.05, 0.1) is 11.8 Å². The van der Waals surface area contributed by atoms with Crippen molar-refractivity contribution >= 4 is 5.71 Å². The number of hydrogen-bond acceptors (Lipinski definition) is 4. The fourth-order valence-corrected chi connectivity index (χ4v) is 2.96. The zero-order valence-corrected chi connectivity index (χ0v) is 11.4. The van der Waals surface area contributed by atoms with Crippen molar-refractivity contribution in [3.63, 3.8) is 0 Å². The van der Waals surface area contributed by atoms with Crippen LogP contribution in [0.15, 0.2) is 17.3 Å². The third-order valence-electron chi connectivity index (χ3n) is 4.15. The first-order chi connectivity index (χ1) is 8.85. The van der Waals surface area contributed by atoms with Gasteiger partial charge in [0.2, 0.25) is 0 Å². The molecule has 0 radical (unpaired) electrons. The van der Waals surface area contributed by atoms with Crippen molar-refractivity contribution in [2.75, 3.05) is 32.7 Å². The number of hydrogen-bond donors (Lipinski definition) is 1. The zero-order chi connectivity index (χ0) is 12.8. The summed E-state index contributed by atoms with van der Waals surface area (Å²) < 4.78 is 0. The molecule has 1 fully saturated rings. The molecule has 0 spiro atoms. The van der Waals surface area contributed by atoms with Crippen molar-refractivity contribution in [3.05, 3.63) is 12.2 Å². The second-order valence-corrected chi connectivity index (χ2v) is 5.16. The molecule has 1 N–H and O–H groups in total. The van der Waals surface area contributed by atoms with Crippen LogP contribution in [0.5, 0.6) is 0 Å². The van der Waals surface area contributed by atoms with Gasteiger partial charge in [0.15, 0.2) is 0 Å². The highest BCUT2D eigenvalue weighted by Crippen LogP contribution is 2.18. The average Bonchev–Trinajstić information content (AvgIpc) is 2.39. The predicted molar refractivity (Wildman–Crippen MR) is 74.3 cm³/mol. The molecule has 1 aliphatic heterocycles. The maximum atomic E-state index is 9.23. The first kappa shape index (κ1) is 13.6. The van der Waals surface area contributed by atoms with Crippen molar-refractivity contribution in [3.8, 4) is 0 Å². The number of nitrogens with zero attached hydrogens (tertiary/aromatic N) is 3. The fourth-order valence-electron chi connectivity index (χ4n) is 2.96. The highest BCUT2D eigenvalue weighted by molar-refractivity contribution is 5.89. The Morgan fingerprint density at radius 2 is 1.94 bits per heavy atom. The Morgan fingerprint density at radius 3 is 2.61 bits per heavy atom. The maximum Gasteiger partial charge on any atom is 0.0745 e. The van der Waals surface area contributed by atoms with Crippen LogP contribution in [0.4, 0.5) is 0 Å². The van der Waals surface area contributed by atoms with Crippen LogP contribution in [0.25, 0.3) is 0 Å². The Labute approximate surface area is 110 Å². The minimum absolute atomic E-state index is 0.346. The molecule has 102 valence electrons. The van der Waals surface area contributed by atoms with Gasteiger partial charge in [-0.25, -0.2) is 0 Å². The van der Waals surface area contributed by atoms with Gasteiger partial charge in [-0.3, -0.25) is 4.90 Å². The molecule has 1 aliphatic carbocycles. The second-order valence-electron chi connectivity index (χ2n) is 5.16. The summed E-state index contributed by atoms with van der Waals surface area (Å²) >= 11 is 0. The molecule has 18 heavy (non-hydrogen) atoms. The third-order valence-corrected chi connectivity index (χ3v) is 4.15. The lowest BCUT2D eigenvalue weighted by atomic mass is 9.96. The van der Waals surface area contributed by atoms with E-state index in [-0.39, 0.29) is 0 Å². The molecule has 4 nitrogen and oxygen atoms in total. The first-order valence-electron chi connectivity index (χ1n) is 7.17. The van der Waals surface area contributed by atoms with Crippen LogP contribution >= 0.6 is 0 Å². The van der Waals surface area contributed by atoms with E-state index in [1.54, 1.807) is 0 Å².